The predicted octanol–water partition coefficient (Wildman–Crippen LogP) is 3.15. The van der Waals surface area contributed by atoms with Gasteiger partial charge in [-0.25, -0.2) is 4.79 Å². The number of hydrogen-bond acceptors (Lipinski definition) is 5. The van der Waals surface area contributed by atoms with Crippen LogP contribution in [-0.4, -0.2) is 30.2 Å². The number of carbonyl (C=O) groups is 2. The average molecular weight is 386 g/mol. The van der Waals surface area contributed by atoms with Gasteiger partial charge in [0.15, 0.2) is 0 Å². The fourth-order valence-corrected chi connectivity index (χ4v) is 3.04. The lowest BCUT2D eigenvalue weighted by molar-refractivity contribution is -0.135. The van der Waals surface area contributed by atoms with Gasteiger partial charge in [0.05, 0.1) is 12.3 Å². The van der Waals surface area contributed by atoms with E-state index >= 15 is 0 Å². The molecule has 7 heteroatoms. The zero-order valence-electron chi connectivity index (χ0n) is 14.9. The van der Waals surface area contributed by atoms with Gasteiger partial charge in [0.2, 0.25) is 5.91 Å². The largest absolute Gasteiger partial charge is 0.461 e. The Morgan fingerprint density at radius 3 is 2.70 bits per heavy atom. The summed E-state index contributed by atoms with van der Waals surface area (Å²) in [5, 5.41) is 9.42. The van der Waals surface area contributed by atoms with E-state index in [0.717, 1.165) is 11.3 Å². The Balaban J connectivity index is 1.75. The van der Waals surface area contributed by atoms with Crippen LogP contribution in [0.2, 0.25) is 5.02 Å². The van der Waals surface area contributed by atoms with Crippen molar-refractivity contribution in [3.8, 4) is 0 Å². The van der Waals surface area contributed by atoms with Gasteiger partial charge >= 0.3 is 5.97 Å². The number of amides is 1. The van der Waals surface area contributed by atoms with Crippen LogP contribution in [0.1, 0.15) is 18.9 Å². The second-order valence-corrected chi connectivity index (χ2v) is 6.45. The molecule has 27 heavy (non-hydrogen) atoms. The molecule has 3 rings (SSSR count). The van der Waals surface area contributed by atoms with Gasteiger partial charge in [-0.15, -0.1) is 0 Å². The highest BCUT2D eigenvalue weighted by molar-refractivity contribution is 6.38. The van der Waals surface area contributed by atoms with Crippen molar-refractivity contribution in [1.82, 2.24) is 5.32 Å². The summed E-state index contributed by atoms with van der Waals surface area (Å²) in [5.41, 5.74) is 1.87. The Morgan fingerprint density at radius 2 is 2.00 bits per heavy atom. The van der Waals surface area contributed by atoms with E-state index in [1.54, 1.807) is 24.1 Å². The van der Waals surface area contributed by atoms with Crippen LogP contribution >= 0.6 is 11.6 Å². The van der Waals surface area contributed by atoms with E-state index in [1.807, 2.05) is 42.5 Å². The summed E-state index contributed by atoms with van der Waals surface area (Å²) >= 11 is 5.98. The zero-order chi connectivity index (χ0) is 19.2. The standard InChI is InChI=1S/C20H20ClN3O3/c1-2-27-20(26)17-12-18(24(23-17)16-9-4-3-5-10-16)19(25)22-13-14-7-6-8-15(21)11-14/h3-11,18H,2,12-13H2,1H3,(H,22,25). The monoisotopic (exact) mass is 385 g/mol. The SMILES string of the molecule is CCOC(=O)C1=NN(c2ccccc2)C(C(=O)NCc2cccc(Cl)c2)C1. The molecule has 2 aromatic rings. The molecule has 0 aromatic heterocycles. The van der Waals surface area contributed by atoms with Gasteiger partial charge in [-0.3, -0.25) is 9.80 Å². The van der Waals surface area contributed by atoms with E-state index in [-0.39, 0.29) is 24.6 Å². The number of nitrogens with one attached hydrogen (secondary N) is 1. The molecule has 0 spiro atoms. The molecule has 2 aromatic carbocycles. The van der Waals surface area contributed by atoms with Gasteiger partial charge < -0.3 is 10.1 Å². The second kappa shape index (κ2) is 8.68. The zero-order valence-corrected chi connectivity index (χ0v) is 15.6. The lowest BCUT2D eigenvalue weighted by Gasteiger charge is -2.22. The van der Waals surface area contributed by atoms with Crippen molar-refractivity contribution in [2.24, 2.45) is 5.10 Å². The summed E-state index contributed by atoms with van der Waals surface area (Å²) in [6.45, 7) is 2.33. The molecule has 1 amide bonds. The minimum Gasteiger partial charge on any atom is -0.461 e. The molecule has 1 heterocycles. The molecule has 1 unspecified atom stereocenters. The van der Waals surface area contributed by atoms with E-state index < -0.39 is 12.0 Å². The van der Waals surface area contributed by atoms with Gasteiger partial charge in [-0.2, -0.15) is 5.10 Å². The number of carbonyl (C=O) groups excluding carboxylic acids is 2. The fourth-order valence-electron chi connectivity index (χ4n) is 2.82. The van der Waals surface area contributed by atoms with E-state index in [2.05, 4.69) is 10.4 Å². The quantitative estimate of drug-likeness (QED) is 0.775. The summed E-state index contributed by atoms with van der Waals surface area (Å²) < 4.78 is 5.04. The highest BCUT2D eigenvalue weighted by atomic mass is 35.5. The molecule has 0 saturated heterocycles. The lowest BCUT2D eigenvalue weighted by Crippen LogP contribution is -2.42. The van der Waals surface area contributed by atoms with Crippen molar-refractivity contribution >= 4 is 34.9 Å². The van der Waals surface area contributed by atoms with E-state index in [9.17, 15) is 9.59 Å². The molecule has 0 fully saturated rings. The Kier molecular flexibility index (Phi) is 6.08. The molecule has 1 aliphatic heterocycles. The number of ether oxygens (including phenoxy) is 1. The molecular formula is C20H20ClN3O3. The van der Waals surface area contributed by atoms with Crippen LogP contribution in [0, 0.1) is 0 Å². The number of nitrogens with zero attached hydrogens (tertiary/aromatic N) is 2. The molecule has 0 saturated carbocycles. The van der Waals surface area contributed by atoms with E-state index in [4.69, 9.17) is 16.3 Å². The normalized spacial score (nSPS) is 16.0. The molecular weight excluding hydrogens is 366 g/mol. The molecule has 0 radical (unpaired) electrons. The lowest BCUT2D eigenvalue weighted by atomic mass is 10.1. The number of hydrazone groups is 1. The summed E-state index contributed by atoms with van der Waals surface area (Å²) in [6.07, 6.45) is 0.190. The van der Waals surface area contributed by atoms with Gasteiger partial charge in [-0.1, -0.05) is 41.9 Å². The van der Waals surface area contributed by atoms with Crippen LogP contribution in [0.3, 0.4) is 0 Å². The number of anilines is 1. The van der Waals surface area contributed by atoms with Crippen LogP contribution in [0.4, 0.5) is 5.69 Å². The Bertz CT molecular complexity index is 855. The fraction of sp³-hybridized carbons (Fsp3) is 0.250. The van der Waals surface area contributed by atoms with Crippen molar-refractivity contribution in [1.29, 1.82) is 0 Å². The van der Waals surface area contributed by atoms with E-state index in [0.29, 0.717) is 11.6 Å². The third kappa shape index (κ3) is 4.65. The van der Waals surface area contributed by atoms with Crippen LogP contribution in [0.5, 0.6) is 0 Å². The van der Waals surface area contributed by atoms with Gasteiger partial charge in [-0.05, 0) is 36.8 Å². The van der Waals surface area contributed by atoms with Crippen LogP contribution < -0.4 is 10.3 Å². The Labute approximate surface area is 162 Å². The molecule has 1 N–H and O–H groups in total. The second-order valence-electron chi connectivity index (χ2n) is 6.01. The maximum Gasteiger partial charge on any atom is 0.354 e. The van der Waals surface area contributed by atoms with Crippen molar-refractivity contribution in [2.75, 3.05) is 11.6 Å². The number of rotatable bonds is 6. The number of benzene rings is 2. The van der Waals surface area contributed by atoms with Crippen LogP contribution in [0.15, 0.2) is 59.7 Å². The number of halogens is 1. The van der Waals surface area contributed by atoms with Crippen molar-refractivity contribution in [2.45, 2.75) is 25.9 Å². The first-order chi connectivity index (χ1) is 13.1. The maximum atomic E-state index is 12.8. The first kappa shape index (κ1) is 18.9. The number of esters is 1. The van der Waals surface area contributed by atoms with E-state index in [1.165, 1.54) is 0 Å². The maximum absolute atomic E-state index is 12.8. The summed E-state index contributed by atoms with van der Waals surface area (Å²) in [6, 6.07) is 15.9. The van der Waals surface area contributed by atoms with Gasteiger partial charge in [0, 0.05) is 18.0 Å². The topological polar surface area (TPSA) is 71.0 Å². The smallest absolute Gasteiger partial charge is 0.354 e. The summed E-state index contributed by atoms with van der Waals surface area (Å²) in [4.78, 5) is 24.9. The molecule has 0 bridgehead atoms. The minimum atomic E-state index is -0.619. The first-order valence-corrected chi connectivity index (χ1v) is 9.07. The summed E-state index contributed by atoms with van der Waals surface area (Å²) in [7, 11) is 0. The van der Waals surface area contributed by atoms with Gasteiger partial charge in [0.1, 0.15) is 11.8 Å². The number of para-hydroxylation sites is 1. The minimum absolute atomic E-state index is 0.190. The summed E-state index contributed by atoms with van der Waals surface area (Å²) in [5.74, 6) is -0.717. The van der Waals surface area contributed by atoms with Gasteiger partial charge in [0.25, 0.3) is 0 Å². The molecule has 1 atom stereocenters. The molecule has 140 valence electrons. The van der Waals surface area contributed by atoms with Crippen molar-refractivity contribution in [3.05, 3.63) is 65.2 Å². The molecule has 1 aliphatic rings. The van der Waals surface area contributed by atoms with Crippen molar-refractivity contribution < 1.29 is 14.3 Å². The predicted molar refractivity (Wildman–Crippen MR) is 105 cm³/mol. The van der Waals surface area contributed by atoms with Crippen LogP contribution in [0.25, 0.3) is 0 Å². The first-order valence-electron chi connectivity index (χ1n) is 8.69. The van der Waals surface area contributed by atoms with Crippen molar-refractivity contribution in [3.63, 3.8) is 0 Å². The number of hydrogen-bond donors (Lipinski definition) is 1. The Morgan fingerprint density at radius 1 is 1.22 bits per heavy atom. The molecule has 6 nitrogen and oxygen atoms in total. The highest BCUT2D eigenvalue weighted by Crippen LogP contribution is 2.25. The third-order valence-corrected chi connectivity index (χ3v) is 4.34. The average Bonchev–Trinajstić information content (AvgIpc) is 3.13. The molecule has 0 aliphatic carbocycles. The third-order valence-electron chi connectivity index (χ3n) is 4.10. The Hall–Kier alpha value is -2.86. The van der Waals surface area contributed by atoms with Crippen LogP contribution in [-0.2, 0) is 20.9 Å². The highest BCUT2D eigenvalue weighted by Gasteiger charge is 2.36.